The maximum absolute atomic E-state index is 13.2. The Hall–Kier alpha value is -2.25. The Balaban J connectivity index is 2.46. The fraction of sp³-hybridized carbons (Fsp3) is 0.286. The Morgan fingerprint density at radius 2 is 1.88 bits per heavy atom. The third-order valence-electron chi connectivity index (χ3n) is 4.05. The van der Waals surface area contributed by atoms with Crippen molar-refractivity contribution in [2.75, 3.05) is 0 Å². The van der Waals surface area contributed by atoms with E-state index in [9.17, 15) is 9.59 Å². The van der Waals surface area contributed by atoms with E-state index in [0.717, 1.165) is 21.9 Å². The summed E-state index contributed by atoms with van der Waals surface area (Å²) < 4.78 is 0.924. The summed E-state index contributed by atoms with van der Waals surface area (Å²) in [4.78, 5) is 24.3. The summed E-state index contributed by atoms with van der Waals surface area (Å²) in [5.74, 6) is -0.225. The highest BCUT2D eigenvalue weighted by molar-refractivity contribution is 9.10. The molecule has 0 N–H and O–H groups in total. The van der Waals surface area contributed by atoms with Gasteiger partial charge in [-0.2, -0.15) is 5.26 Å². The minimum atomic E-state index is -0.510. The number of aldehydes is 1. The van der Waals surface area contributed by atoms with Gasteiger partial charge in [-0.15, -0.1) is 0 Å². The summed E-state index contributed by atoms with van der Waals surface area (Å²) in [6.45, 7) is 4.15. The standard InChI is InChI=1S/C21H20BrNO2/c1-14(2)11-17-12-15(13-23)3-8-19(17)21(25)20(9-10-24)16-4-6-18(22)7-5-16/h3-8,10,12,14,20H,9,11H2,1-2H3. The van der Waals surface area contributed by atoms with Crippen LogP contribution in [0, 0.1) is 17.2 Å². The minimum absolute atomic E-state index is 0.0745. The number of halogens is 1. The molecule has 2 aromatic rings. The van der Waals surface area contributed by atoms with Crippen molar-refractivity contribution in [3.05, 3.63) is 69.2 Å². The van der Waals surface area contributed by atoms with Gasteiger partial charge in [0, 0.05) is 16.5 Å². The van der Waals surface area contributed by atoms with Crippen molar-refractivity contribution in [1.82, 2.24) is 0 Å². The molecule has 1 unspecified atom stereocenters. The van der Waals surface area contributed by atoms with Gasteiger partial charge >= 0.3 is 0 Å². The number of ketones is 1. The molecule has 0 aliphatic rings. The summed E-state index contributed by atoms with van der Waals surface area (Å²) in [5, 5.41) is 9.14. The fourth-order valence-corrected chi connectivity index (χ4v) is 3.15. The van der Waals surface area contributed by atoms with Crippen LogP contribution in [0.3, 0.4) is 0 Å². The van der Waals surface area contributed by atoms with Crippen LogP contribution >= 0.6 is 15.9 Å². The first-order valence-corrected chi connectivity index (χ1v) is 9.02. The Bertz CT molecular complexity index is 804. The maximum Gasteiger partial charge on any atom is 0.171 e. The first-order chi connectivity index (χ1) is 12.0. The summed E-state index contributed by atoms with van der Waals surface area (Å²) in [5.41, 5.74) is 2.83. The molecule has 0 radical (unpaired) electrons. The molecule has 2 rings (SSSR count). The molecule has 0 amide bonds. The first kappa shape index (κ1) is 19.1. The van der Waals surface area contributed by atoms with Gasteiger partial charge in [0.25, 0.3) is 0 Å². The van der Waals surface area contributed by atoms with Gasteiger partial charge in [-0.05, 0) is 53.8 Å². The zero-order valence-electron chi connectivity index (χ0n) is 14.3. The Morgan fingerprint density at radius 3 is 2.44 bits per heavy atom. The Kier molecular flexibility index (Phi) is 6.66. The van der Waals surface area contributed by atoms with E-state index in [1.807, 2.05) is 24.3 Å². The number of nitriles is 1. The van der Waals surface area contributed by atoms with Crippen LogP contribution in [-0.2, 0) is 11.2 Å². The lowest BCUT2D eigenvalue weighted by Crippen LogP contribution is -2.16. The van der Waals surface area contributed by atoms with Crippen LogP contribution in [0.5, 0.6) is 0 Å². The fourth-order valence-electron chi connectivity index (χ4n) is 2.89. The summed E-state index contributed by atoms with van der Waals surface area (Å²) in [6.07, 6.45) is 1.64. The van der Waals surface area contributed by atoms with Gasteiger partial charge in [0.2, 0.25) is 0 Å². The van der Waals surface area contributed by atoms with Crippen molar-refractivity contribution in [2.24, 2.45) is 5.92 Å². The molecule has 0 saturated carbocycles. The van der Waals surface area contributed by atoms with Gasteiger partial charge < -0.3 is 4.79 Å². The second-order valence-corrected chi connectivity index (χ2v) is 7.37. The average Bonchev–Trinajstić information content (AvgIpc) is 2.59. The third-order valence-corrected chi connectivity index (χ3v) is 4.58. The van der Waals surface area contributed by atoms with Crippen LogP contribution in [0.25, 0.3) is 0 Å². The first-order valence-electron chi connectivity index (χ1n) is 8.22. The number of rotatable bonds is 7. The third kappa shape index (κ3) is 4.87. The lowest BCUT2D eigenvalue weighted by molar-refractivity contribution is -0.108. The summed E-state index contributed by atoms with van der Waals surface area (Å²) in [7, 11) is 0. The number of carbonyl (C=O) groups excluding carboxylic acids is 2. The monoisotopic (exact) mass is 397 g/mol. The van der Waals surface area contributed by atoms with Crippen molar-refractivity contribution in [3.8, 4) is 6.07 Å². The SMILES string of the molecule is CC(C)Cc1cc(C#N)ccc1C(=O)C(CC=O)c1ccc(Br)cc1. The summed E-state index contributed by atoms with van der Waals surface area (Å²) in [6, 6.07) is 14.8. The molecular formula is C21H20BrNO2. The molecule has 1 atom stereocenters. The molecule has 0 aliphatic carbocycles. The van der Waals surface area contributed by atoms with Gasteiger partial charge in [0.05, 0.1) is 17.6 Å². The minimum Gasteiger partial charge on any atom is -0.303 e. The average molecular weight is 398 g/mol. The van der Waals surface area contributed by atoms with Crippen molar-refractivity contribution < 1.29 is 9.59 Å². The molecule has 0 spiro atoms. The van der Waals surface area contributed by atoms with Crippen LogP contribution in [0.2, 0.25) is 0 Å². The van der Waals surface area contributed by atoms with Crippen LogP contribution in [0.1, 0.15) is 53.2 Å². The van der Waals surface area contributed by atoms with E-state index in [2.05, 4.69) is 35.8 Å². The maximum atomic E-state index is 13.2. The Morgan fingerprint density at radius 1 is 1.20 bits per heavy atom. The molecule has 0 aromatic heterocycles. The normalized spacial score (nSPS) is 11.8. The molecule has 3 nitrogen and oxygen atoms in total. The van der Waals surface area contributed by atoms with E-state index in [4.69, 9.17) is 5.26 Å². The highest BCUT2D eigenvalue weighted by Crippen LogP contribution is 2.28. The van der Waals surface area contributed by atoms with Crippen LogP contribution < -0.4 is 0 Å². The number of benzene rings is 2. The van der Waals surface area contributed by atoms with Crippen LogP contribution in [0.15, 0.2) is 46.9 Å². The number of hydrogen-bond acceptors (Lipinski definition) is 3. The van der Waals surface area contributed by atoms with Gasteiger partial charge in [0.15, 0.2) is 5.78 Å². The lowest BCUT2D eigenvalue weighted by Gasteiger charge is -2.17. The molecular weight excluding hydrogens is 378 g/mol. The van der Waals surface area contributed by atoms with Crippen molar-refractivity contribution in [1.29, 1.82) is 5.26 Å². The quantitative estimate of drug-likeness (QED) is 0.483. The van der Waals surface area contributed by atoms with Crippen LogP contribution in [0.4, 0.5) is 0 Å². The predicted octanol–water partition coefficient (Wildman–Crippen LogP) is 5.07. The van der Waals surface area contributed by atoms with Crippen molar-refractivity contribution in [3.63, 3.8) is 0 Å². The summed E-state index contributed by atoms with van der Waals surface area (Å²) >= 11 is 3.39. The van der Waals surface area contributed by atoms with Crippen molar-refractivity contribution in [2.45, 2.75) is 32.6 Å². The zero-order chi connectivity index (χ0) is 18.4. The van der Waals surface area contributed by atoms with E-state index in [1.54, 1.807) is 18.2 Å². The van der Waals surface area contributed by atoms with E-state index in [-0.39, 0.29) is 12.2 Å². The van der Waals surface area contributed by atoms with E-state index in [0.29, 0.717) is 23.5 Å². The molecule has 128 valence electrons. The molecule has 4 heteroatoms. The van der Waals surface area contributed by atoms with Gasteiger partial charge in [-0.25, -0.2) is 0 Å². The zero-order valence-corrected chi connectivity index (χ0v) is 15.9. The van der Waals surface area contributed by atoms with Gasteiger partial charge in [0.1, 0.15) is 6.29 Å². The molecule has 0 saturated heterocycles. The number of hydrogen-bond donors (Lipinski definition) is 0. The van der Waals surface area contributed by atoms with E-state index < -0.39 is 5.92 Å². The second kappa shape index (κ2) is 8.73. The lowest BCUT2D eigenvalue weighted by atomic mass is 9.84. The molecule has 25 heavy (non-hydrogen) atoms. The molecule has 0 aliphatic heterocycles. The van der Waals surface area contributed by atoms with Gasteiger partial charge in [-0.3, -0.25) is 4.79 Å². The molecule has 2 aromatic carbocycles. The van der Waals surface area contributed by atoms with E-state index in [1.165, 1.54) is 0 Å². The van der Waals surface area contributed by atoms with E-state index >= 15 is 0 Å². The van der Waals surface area contributed by atoms with Gasteiger partial charge in [-0.1, -0.05) is 41.9 Å². The molecule has 0 heterocycles. The number of nitrogens with zero attached hydrogens (tertiary/aromatic N) is 1. The number of Topliss-reactive ketones (excluding diaryl/α,β-unsaturated/α-hetero) is 1. The second-order valence-electron chi connectivity index (χ2n) is 6.45. The highest BCUT2D eigenvalue weighted by atomic mass is 79.9. The molecule has 0 bridgehead atoms. The van der Waals surface area contributed by atoms with Crippen molar-refractivity contribution >= 4 is 28.0 Å². The number of carbonyl (C=O) groups is 2. The van der Waals surface area contributed by atoms with Crippen LogP contribution in [-0.4, -0.2) is 12.1 Å². The highest BCUT2D eigenvalue weighted by Gasteiger charge is 2.24. The smallest absolute Gasteiger partial charge is 0.171 e. The largest absolute Gasteiger partial charge is 0.303 e. The predicted molar refractivity (Wildman–Crippen MR) is 102 cm³/mol. The topological polar surface area (TPSA) is 57.9 Å². The molecule has 0 fully saturated rings. The Labute approximate surface area is 156 Å².